The number of likely N-dealkylation sites (tertiary alicyclic amines) is 1. The average molecular weight is 295 g/mol. The van der Waals surface area contributed by atoms with Crippen LogP contribution in [-0.4, -0.2) is 60.5 Å². The Morgan fingerprint density at radius 2 is 2.05 bits per heavy atom. The van der Waals surface area contributed by atoms with E-state index in [0.717, 1.165) is 4.90 Å². The Morgan fingerprint density at radius 3 is 2.55 bits per heavy atom. The van der Waals surface area contributed by atoms with Crippen LogP contribution < -0.4 is 5.73 Å². The van der Waals surface area contributed by atoms with Crippen LogP contribution in [0, 0.1) is 5.92 Å². The number of nitrogens with zero attached hydrogens (tertiary/aromatic N) is 2. The van der Waals surface area contributed by atoms with Gasteiger partial charge >= 0.3 is 6.18 Å². The van der Waals surface area contributed by atoms with Gasteiger partial charge in [0.25, 0.3) is 0 Å². The summed E-state index contributed by atoms with van der Waals surface area (Å²) in [6.07, 6.45) is -3.18. The molecule has 1 fully saturated rings. The van der Waals surface area contributed by atoms with Crippen molar-refractivity contribution >= 4 is 11.8 Å². The number of primary amides is 1. The third-order valence-electron chi connectivity index (χ3n) is 3.30. The Bertz CT molecular complexity index is 360. The zero-order chi connectivity index (χ0) is 15.3. The molecule has 1 atom stereocenters. The molecule has 0 saturated carbocycles. The first-order valence-electron chi connectivity index (χ1n) is 6.59. The number of halogens is 3. The summed E-state index contributed by atoms with van der Waals surface area (Å²) in [5, 5.41) is 0. The summed E-state index contributed by atoms with van der Waals surface area (Å²) >= 11 is 0. The molecule has 116 valence electrons. The summed E-state index contributed by atoms with van der Waals surface area (Å²) in [5.74, 6) is -1.50. The lowest BCUT2D eigenvalue weighted by Gasteiger charge is -2.34. The van der Waals surface area contributed by atoms with E-state index in [1.54, 1.807) is 4.90 Å². The number of rotatable bonds is 5. The lowest BCUT2D eigenvalue weighted by Crippen LogP contribution is -2.48. The number of nitrogens with two attached hydrogens (primary N) is 1. The standard InChI is InChI=1S/C12H20F3N3O2/c1-2-18(8-12(13,14)15)11(20)9-4-3-5-17(6-9)7-10(16)19/h9H,2-8H2,1H3,(H2,16,19). The molecule has 0 spiro atoms. The van der Waals surface area contributed by atoms with E-state index >= 15 is 0 Å². The normalized spacial score (nSPS) is 20.7. The number of carbonyl (C=O) groups excluding carboxylic acids is 2. The highest BCUT2D eigenvalue weighted by Gasteiger charge is 2.36. The molecular weight excluding hydrogens is 275 g/mol. The predicted molar refractivity (Wildman–Crippen MR) is 66.7 cm³/mol. The molecule has 5 nitrogen and oxygen atoms in total. The zero-order valence-corrected chi connectivity index (χ0v) is 11.4. The van der Waals surface area contributed by atoms with Crippen molar-refractivity contribution in [3.8, 4) is 0 Å². The summed E-state index contributed by atoms with van der Waals surface area (Å²) in [4.78, 5) is 25.5. The first-order valence-corrected chi connectivity index (χ1v) is 6.59. The number of alkyl halides is 3. The molecular formula is C12H20F3N3O2. The van der Waals surface area contributed by atoms with Crippen LogP contribution in [0.1, 0.15) is 19.8 Å². The molecule has 0 aromatic carbocycles. The zero-order valence-electron chi connectivity index (χ0n) is 11.4. The number of hydrogen-bond acceptors (Lipinski definition) is 3. The van der Waals surface area contributed by atoms with Gasteiger partial charge in [0.05, 0.1) is 12.5 Å². The maximum atomic E-state index is 12.4. The van der Waals surface area contributed by atoms with Gasteiger partial charge in [-0.2, -0.15) is 13.2 Å². The molecule has 1 aliphatic rings. The number of amides is 2. The molecule has 1 saturated heterocycles. The van der Waals surface area contributed by atoms with Gasteiger partial charge in [0, 0.05) is 13.1 Å². The molecule has 8 heteroatoms. The molecule has 0 aliphatic carbocycles. The fraction of sp³-hybridized carbons (Fsp3) is 0.833. The van der Waals surface area contributed by atoms with Crippen molar-refractivity contribution < 1.29 is 22.8 Å². The van der Waals surface area contributed by atoms with Crippen LogP contribution in [0.5, 0.6) is 0 Å². The van der Waals surface area contributed by atoms with Crippen LogP contribution in [0.3, 0.4) is 0 Å². The van der Waals surface area contributed by atoms with E-state index < -0.39 is 30.5 Å². The molecule has 2 amide bonds. The van der Waals surface area contributed by atoms with Crippen LogP contribution in [0.25, 0.3) is 0 Å². The minimum absolute atomic E-state index is 0.0185. The average Bonchev–Trinajstić information content (AvgIpc) is 2.33. The fourth-order valence-corrected chi connectivity index (χ4v) is 2.44. The lowest BCUT2D eigenvalue weighted by atomic mass is 9.96. The quantitative estimate of drug-likeness (QED) is 0.807. The van der Waals surface area contributed by atoms with Crippen molar-refractivity contribution in [3.05, 3.63) is 0 Å². The Labute approximate surface area is 115 Å². The summed E-state index contributed by atoms with van der Waals surface area (Å²) < 4.78 is 37.2. The minimum atomic E-state index is -4.40. The van der Waals surface area contributed by atoms with E-state index in [-0.39, 0.29) is 19.6 Å². The number of piperidine rings is 1. The van der Waals surface area contributed by atoms with Crippen molar-refractivity contribution in [1.82, 2.24) is 9.80 Å². The molecule has 20 heavy (non-hydrogen) atoms. The Kier molecular flexibility index (Phi) is 5.79. The molecule has 1 rings (SSSR count). The van der Waals surface area contributed by atoms with Crippen molar-refractivity contribution in [2.24, 2.45) is 11.7 Å². The highest BCUT2D eigenvalue weighted by atomic mass is 19.4. The SMILES string of the molecule is CCN(CC(F)(F)F)C(=O)C1CCCN(CC(N)=O)C1. The van der Waals surface area contributed by atoms with Gasteiger partial charge < -0.3 is 10.6 Å². The van der Waals surface area contributed by atoms with Gasteiger partial charge in [0.2, 0.25) is 11.8 Å². The topological polar surface area (TPSA) is 66.6 Å². The Hall–Kier alpha value is -1.31. The smallest absolute Gasteiger partial charge is 0.369 e. The molecule has 1 aliphatic heterocycles. The van der Waals surface area contributed by atoms with E-state index in [1.165, 1.54) is 6.92 Å². The van der Waals surface area contributed by atoms with Crippen LogP contribution in [0.2, 0.25) is 0 Å². The van der Waals surface area contributed by atoms with Gasteiger partial charge in [0.1, 0.15) is 6.54 Å². The van der Waals surface area contributed by atoms with Gasteiger partial charge in [0.15, 0.2) is 0 Å². The van der Waals surface area contributed by atoms with Crippen LogP contribution in [0.4, 0.5) is 13.2 Å². The maximum absolute atomic E-state index is 12.4. The fourth-order valence-electron chi connectivity index (χ4n) is 2.44. The minimum Gasteiger partial charge on any atom is -0.369 e. The highest BCUT2D eigenvalue weighted by molar-refractivity contribution is 5.79. The maximum Gasteiger partial charge on any atom is 0.406 e. The van der Waals surface area contributed by atoms with Gasteiger partial charge in [-0.15, -0.1) is 0 Å². The van der Waals surface area contributed by atoms with Crippen LogP contribution >= 0.6 is 0 Å². The molecule has 1 heterocycles. The lowest BCUT2D eigenvalue weighted by molar-refractivity contribution is -0.164. The van der Waals surface area contributed by atoms with Crippen molar-refractivity contribution in [2.75, 3.05) is 32.7 Å². The first kappa shape index (κ1) is 16.7. The Balaban J connectivity index is 2.62. The number of hydrogen-bond donors (Lipinski definition) is 1. The summed E-state index contributed by atoms with van der Waals surface area (Å²) in [6.45, 7) is 1.27. The second-order valence-corrected chi connectivity index (χ2v) is 5.01. The van der Waals surface area contributed by atoms with Gasteiger partial charge in [-0.25, -0.2) is 0 Å². The summed E-state index contributed by atoms with van der Waals surface area (Å²) in [5.41, 5.74) is 5.09. The molecule has 2 N–H and O–H groups in total. The summed E-state index contributed by atoms with van der Waals surface area (Å²) in [6, 6.07) is 0. The van der Waals surface area contributed by atoms with Gasteiger partial charge in [-0.3, -0.25) is 14.5 Å². The van der Waals surface area contributed by atoms with Crippen molar-refractivity contribution in [2.45, 2.75) is 25.9 Å². The van der Waals surface area contributed by atoms with Crippen LogP contribution in [0.15, 0.2) is 0 Å². The first-order chi connectivity index (χ1) is 9.23. The van der Waals surface area contributed by atoms with Crippen molar-refractivity contribution in [1.29, 1.82) is 0 Å². The predicted octanol–water partition coefficient (Wildman–Crippen LogP) is 0.595. The molecule has 1 unspecified atom stereocenters. The molecule has 0 aromatic heterocycles. The third-order valence-corrected chi connectivity index (χ3v) is 3.30. The van der Waals surface area contributed by atoms with E-state index in [4.69, 9.17) is 5.73 Å². The second-order valence-electron chi connectivity index (χ2n) is 5.01. The highest BCUT2D eigenvalue weighted by Crippen LogP contribution is 2.22. The van der Waals surface area contributed by atoms with Crippen LogP contribution in [-0.2, 0) is 9.59 Å². The molecule has 0 bridgehead atoms. The van der Waals surface area contributed by atoms with Gasteiger partial charge in [-0.05, 0) is 26.3 Å². The van der Waals surface area contributed by atoms with Crippen molar-refractivity contribution in [3.63, 3.8) is 0 Å². The van der Waals surface area contributed by atoms with E-state index in [9.17, 15) is 22.8 Å². The number of carbonyl (C=O) groups is 2. The van der Waals surface area contributed by atoms with Gasteiger partial charge in [-0.1, -0.05) is 0 Å². The largest absolute Gasteiger partial charge is 0.406 e. The third kappa shape index (κ3) is 5.36. The van der Waals surface area contributed by atoms with E-state index in [0.29, 0.717) is 19.4 Å². The summed E-state index contributed by atoms with van der Waals surface area (Å²) in [7, 11) is 0. The Morgan fingerprint density at radius 1 is 1.40 bits per heavy atom. The second kappa shape index (κ2) is 6.92. The van der Waals surface area contributed by atoms with E-state index in [1.807, 2.05) is 0 Å². The van der Waals surface area contributed by atoms with E-state index in [2.05, 4.69) is 0 Å². The molecule has 0 radical (unpaired) electrons. The monoisotopic (exact) mass is 295 g/mol. The molecule has 0 aromatic rings.